The molecule has 17 heavy (non-hydrogen) atoms. The molecule has 0 aliphatic heterocycles. The van der Waals surface area contributed by atoms with Gasteiger partial charge in [0.2, 0.25) is 0 Å². The lowest BCUT2D eigenvalue weighted by atomic mass is 10.3. The van der Waals surface area contributed by atoms with Gasteiger partial charge in [-0.25, -0.2) is 14.6 Å². The molecular weight excluding hydrogens is 242 g/mol. The lowest BCUT2D eigenvalue weighted by molar-refractivity contribution is 0.0691. The highest BCUT2D eigenvalue weighted by atomic mass is 32.1. The third kappa shape index (κ3) is 4.03. The first-order valence-corrected chi connectivity index (χ1v) is 6.04. The summed E-state index contributed by atoms with van der Waals surface area (Å²) in [7, 11) is 0. The summed E-state index contributed by atoms with van der Waals surface area (Å²) < 4.78 is 0. The predicted molar refractivity (Wildman–Crippen MR) is 64.3 cm³/mol. The molecule has 1 aromatic rings. The monoisotopic (exact) mass is 257 g/mol. The molecule has 0 saturated carbocycles. The molecule has 0 aliphatic rings. The Hall–Kier alpha value is -1.63. The van der Waals surface area contributed by atoms with E-state index in [0.29, 0.717) is 5.01 Å². The van der Waals surface area contributed by atoms with Gasteiger partial charge >= 0.3 is 12.0 Å². The van der Waals surface area contributed by atoms with Gasteiger partial charge in [0.15, 0.2) is 5.69 Å². The van der Waals surface area contributed by atoms with E-state index in [9.17, 15) is 9.59 Å². The van der Waals surface area contributed by atoms with Crippen LogP contribution in [0.2, 0.25) is 0 Å². The summed E-state index contributed by atoms with van der Waals surface area (Å²) in [4.78, 5) is 26.0. The molecule has 0 aromatic carbocycles. The Labute approximate surface area is 103 Å². The van der Waals surface area contributed by atoms with Gasteiger partial charge in [0, 0.05) is 11.4 Å². The Kier molecular flexibility index (Phi) is 4.45. The first-order chi connectivity index (χ1) is 7.90. The maximum Gasteiger partial charge on any atom is 0.355 e. The fourth-order valence-electron chi connectivity index (χ4n) is 1.15. The number of hydrogen-bond donors (Lipinski definition) is 3. The average Bonchev–Trinajstić information content (AvgIpc) is 2.64. The Bertz CT molecular complexity index is 417. The zero-order valence-corrected chi connectivity index (χ0v) is 10.7. The number of nitrogens with zero attached hydrogens (tertiary/aromatic N) is 1. The van der Waals surface area contributed by atoms with Crippen LogP contribution in [-0.2, 0) is 0 Å². The zero-order valence-electron chi connectivity index (χ0n) is 9.85. The van der Waals surface area contributed by atoms with Crippen molar-refractivity contribution in [2.75, 3.05) is 0 Å². The second kappa shape index (κ2) is 5.62. The standard InChI is InChI=1S/C10H15N3O3S/c1-5(2)11-10(16)12-6(3)8-13-7(4-17-8)9(14)15/h4-6H,1-3H3,(H,14,15)(H2,11,12,16). The normalized spacial score (nSPS) is 12.2. The molecule has 1 atom stereocenters. The van der Waals surface area contributed by atoms with Gasteiger partial charge < -0.3 is 15.7 Å². The van der Waals surface area contributed by atoms with E-state index >= 15 is 0 Å². The molecule has 0 fully saturated rings. The van der Waals surface area contributed by atoms with Crippen LogP contribution in [0.25, 0.3) is 0 Å². The van der Waals surface area contributed by atoms with E-state index in [2.05, 4.69) is 15.6 Å². The lowest BCUT2D eigenvalue weighted by Gasteiger charge is -2.14. The second-order valence-corrected chi connectivity index (χ2v) is 4.76. The number of carboxylic acid groups (broad SMARTS) is 1. The van der Waals surface area contributed by atoms with E-state index in [1.807, 2.05) is 13.8 Å². The van der Waals surface area contributed by atoms with Crippen LogP contribution in [0, 0.1) is 0 Å². The van der Waals surface area contributed by atoms with Crippen molar-refractivity contribution in [3.05, 3.63) is 16.1 Å². The van der Waals surface area contributed by atoms with Crippen LogP contribution < -0.4 is 10.6 Å². The number of aromatic nitrogens is 1. The summed E-state index contributed by atoms with van der Waals surface area (Å²) in [6, 6.07) is -0.556. The van der Waals surface area contributed by atoms with Gasteiger partial charge in [0.25, 0.3) is 0 Å². The molecule has 0 saturated heterocycles. The third-order valence-electron chi connectivity index (χ3n) is 1.88. The van der Waals surface area contributed by atoms with Crippen molar-refractivity contribution in [1.82, 2.24) is 15.6 Å². The number of rotatable bonds is 4. The first-order valence-electron chi connectivity index (χ1n) is 5.16. The maximum absolute atomic E-state index is 11.4. The van der Waals surface area contributed by atoms with Crippen LogP contribution in [0.3, 0.4) is 0 Å². The van der Waals surface area contributed by atoms with E-state index in [1.54, 1.807) is 6.92 Å². The van der Waals surface area contributed by atoms with Gasteiger partial charge in [-0.15, -0.1) is 11.3 Å². The molecule has 1 heterocycles. The fraction of sp³-hybridized carbons (Fsp3) is 0.500. The van der Waals surface area contributed by atoms with Crippen LogP contribution in [0.1, 0.15) is 42.3 Å². The second-order valence-electron chi connectivity index (χ2n) is 3.87. The van der Waals surface area contributed by atoms with Crippen LogP contribution >= 0.6 is 11.3 Å². The lowest BCUT2D eigenvalue weighted by Crippen LogP contribution is -2.40. The predicted octanol–water partition coefficient (Wildman–Crippen LogP) is 1.61. The molecule has 0 aliphatic carbocycles. The van der Waals surface area contributed by atoms with Crippen molar-refractivity contribution < 1.29 is 14.7 Å². The first kappa shape index (κ1) is 13.4. The Balaban J connectivity index is 2.60. The molecule has 0 bridgehead atoms. The van der Waals surface area contributed by atoms with Crippen molar-refractivity contribution in [3.63, 3.8) is 0 Å². The summed E-state index contributed by atoms with van der Waals surface area (Å²) in [5.74, 6) is -1.06. The number of aromatic carboxylic acids is 1. The van der Waals surface area contributed by atoms with Crippen molar-refractivity contribution >= 4 is 23.3 Å². The Morgan fingerprint density at radius 3 is 2.47 bits per heavy atom. The highest BCUT2D eigenvalue weighted by Gasteiger charge is 2.15. The highest BCUT2D eigenvalue weighted by molar-refractivity contribution is 7.09. The van der Waals surface area contributed by atoms with Crippen LogP contribution in [0.5, 0.6) is 0 Å². The number of nitrogens with one attached hydrogen (secondary N) is 2. The van der Waals surface area contributed by atoms with Crippen molar-refractivity contribution in [2.24, 2.45) is 0 Å². The van der Waals surface area contributed by atoms with Crippen molar-refractivity contribution in [2.45, 2.75) is 32.9 Å². The molecule has 0 spiro atoms. The van der Waals surface area contributed by atoms with E-state index in [-0.39, 0.29) is 23.8 Å². The Morgan fingerprint density at radius 2 is 2.00 bits per heavy atom. The summed E-state index contributed by atoms with van der Waals surface area (Å²) in [6.07, 6.45) is 0. The SMILES string of the molecule is CC(C)NC(=O)NC(C)c1nc(C(=O)O)cs1. The smallest absolute Gasteiger partial charge is 0.355 e. The van der Waals surface area contributed by atoms with Gasteiger partial charge in [-0.2, -0.15) is 0 Å². The summed E-state index contributed by atoms with van der Waals surface area (Å²) in [5.41, 5.74) is 0.00270. The van der Waals surface area contributed by atoms with E-state index < -0.39 is 5.97 Å². The van der Waals surface area contributed by atoms with Crippen molar-refractivity contribution in [3.8, 4) is 0 Å². The highest BCUT2D eigenvalue weighted by Crippen LogP contribution is 2.17. The fourth-order valence-corrected chi connectivity index (χ4v) is 1.95. The van der Waals surface area contributed by atoms with Crippen LogP contribution in [0.15, 0.2) is 5.38 Å². The van der Waals surface area contributed by atoms with Crippen LogP contribution in [0.4, 0.5) is 4.79 Å². The molecule has 1 unspecified atom stereocenters. The van der Waals surface area contributed by atoms with Gasteiger partial charge in [-0.3, -0.25) is 0 Å². The zero-order chi connectivity index (χ0) is 13.0. The van der Waals surface area contributed by atoms with Gasteiger partial charge in [0.1, 0.15) is 5.01 Å². The molecule has 7 heteroatoms. The minimum absolute atomic E-state index is 0.00270. The van der Waals surface area contributed by atoms with Crippen molar-refractivity contribution in [1.29, 1.82) is 0 Å². The minimum Gasteiger partial charge on any atom is -0.476 e. The number of amides is 2. The molecule has 1 aromatic heterocycles. The van der Waals surface area contributed by atoms with E-state index in [0.717, 1.165) is 0 Å². The molecule has 1 rings (SSSR count). The van der Waals surface area contributed by atoms with Gasteiger partial charge in [-0.05, 0) is 20.8 Å². The Morgan fingerprint density at radius 1 is 1.35 bits per heavy atom. The molecule has 6 nitrogen and oxygen atoms in total. The number of carbonyl (C=O) groups is 2. The number of urea groups is 1. The minimum atomic E-state index is -1.06. The number of carboxylic acids is 1. The molecule has 94 valence electrons. The largest absolute Gasteiger partial charge is 0.476 e. The summed E-state index contributed by atoms with van der Waals surface area (Å²) in [5, 5.41) is 16.1. The van der Waals surface area contributed by atoms with Crippen LogP contribution in [-0.4, -0.2) is 28.1 Å². The van der Waals surface area contributed by atoms with Gasteiger partial charge in [-0.1, -0.05) is 0 Å². The number of carbonyl (C=O) groups excluding carboxylic acids is 1. The number of thiazole rings is 1. The van der Waals surface area contributed by atoms with Gasteiger partial charge in [0.05, 0.1) is 6.04 Å². The molecule has 2 amide bonds. The number of hydrogen-bond acceptors (Lipinski definition) is 4. The topological polar surface area (TPSA) is 91.3 Å². The summed E-state index contributed by atoms with van der Waals surface area (Å²) >= 11 is 1.21. The average molecular weight is 257 g/mol. The van der Waals surface area contributed by atoms with E-state index in [1.165, 1.54) is 16.7 Å². The molecular formula is C10H15N3O3S. The molecule has 3 N–H and O–H groups in total. The quantitative estimate of drug-likeness (QED) is 0.764. The van der Waals surface area contributed by atoms with E-state index in [4.69, 9.17) is 5.11 Å². The third-order valence-corrected chi connectivity index (χ3v) is 2.91. The molecule has 0 radical (unpaired) electrons. The maximum atomic E-state index is 11.4. The summed E-state index contributed by atoms with van der Waals surface area (Å²) in [6.45, 7) is 5.47.